The molecule has 43 heavy (non-hydrogen) atoms. The lowest BCUT2D eigenvalue weighted by Crippen LogP contribution is -2.52. The number of nitrogens with zero attached hydrogens (tertiary/aromatic N) is 2. The number of nitrogens with one attached hydrogen (secondary N) is 1. The smallest absolute Gasteiger partial charge is 0.225 e. The van der Waals surface area contributed by atoms with Crippen molar-refractivity contribution in [3.05, 3.63) is 83.9 Å². The summed E-state index contributed by atoms with van der Waals surface area (Å²) in [5.74, 6) is 1.06. The van der Waals surface area contributed by atoms with Gasteiger partial charge in [-0.25, -0.2) is 8.42 Å². The van der Waals surface area contributed by atoms with Crippen molar-refractivity contribution in [2.45, 2.75) is 49.6 Å². The van der Waals surface area contributed by atoms with Gasteiger partial charge in [-0.15, -0.1) is 0 Å². The van der Waals surface area contributed by atoms with E-state index in [4.69, 9.17) is 4.74 Å². The van der Waals surface area contributed by atoms with Crippen LogP contribution in [0.25, 0.3) is 11.1 Å². The summed E-state index contributed by atoms with van der Waals surface area (Å²) in [5, 5.41) is 3.76. The van der Waals surface area contributed by atoms with E-state index in [9.17, 15) is 18.0 Å². The summed E-state index contributed by atoms with van der Waals surface area (Å²) >= 11 is 0. The molecule has 2 amide bonds. The number of ether oxygens (including phenoxy) is 1. The maximum Gasteiger partial charge on any atom is 0.225 e. The maximum atomic E-state index is 13.6. The molecule has 228 valence electrons. The van der Waals surface area contributed by atoms with Crippen molar-refractivity contribution in [1.29, 1.82) is 0 Å². The first kappa shape index (κ1) is 30.8. The second-order valence-electron chi connectivity index (χ2n) is 11.7. The first-order valence-corrected chi connectivity index (χ1v) is 16.8. The van der Waals surface area contributed by atoms with E-state index in [0.717, 1.165) is 23.3 Å². The van der Waals surface area contributed by atoms with E-state index in [0.29, 0.717) is 56.0 Å². The first-order chi connectivity index (χ1) is 20.7. The van der Waals surface area contributed by atoms with Crippen molar-refractivity contribution in [1.82, 2.24) is 15.1 Å². The average Bonchev–Trinajstić information content (AvgIpc) is 3.03. The molecule has 0 saturated carbocycles. The van der Waals surface area contributed by atoms with Crippen LogP contribution in [0.5, 0.6) is 5.75 Å². The molecule has 2 aliphatic heterocycles. The Hall–Kier alpha value is -3.69. The maximum absolute atomic E-state index is 13.6. The quantitative estimate of drug-likeness (QED) is 0.408. The van der Waals surface area contributed by atoms with E-state index in [2.05, 4.69) is 17.4 Å². The van der Waals surface area contributed by atoms with E-state index in [1.54, 1.807) is 26.2 Å². The number of benzene rings is 3. The lowest BCUT2D eigenvalue weighted by molar-refractivity contribution is -0.141. The summed E-state index contributed by atoms with van der Waals surface area (Å²) in [6.07, 6.45) is 3.46. The van der Waals surface area contributed by atoms with E-state index in [1.807, 2.05) is 58.3 Å². The van der Waals surface area contributed by atoms with Crippen LogP contribution in [-0.4, -0.2) is 75.6 Å². The highest BCUT2D eigenvalue weighted by atomic mass is 32.2. The molecule has 2 fully saturated rings. The Labute approximate surface area is 255 Å². The summed E-state index contributed by atoms with van der Waals surface area (Å²) in [5.41, 5.74) is 3.60. The Morgan fingerprint density at radius 3 is 2.26 bits per heavy atom. The number of hydrogen-bond acceptors (Lipinski definition) is 6. The van der Waals surface area contributed by atoms with Gasteiger partial charge in [-0.2, -0.15) is 0 Å². The fourth-order valence-electron chi connectivity index (χ4n) is 6.49. The molecule has 0 aromatic heterocycles. The van der Waals surface area contributed by atoms with E-state index in [-0.39, 0.29) is 29.7 Å². The molecule has 3 aromatic carbocycles. The highest BCUT2D eigenvalue weighted by Crippen LogP contribution is 2.33. The van der Waals surface area contributed by atoms with Crippen LogP contribution in [0, 0.1) is 5.92 Å². The molecule has 0 aliphatic carbocycles. The Morgan fingerprint density at radius 2 is 1.58 bits per heavy atom. The van der Waals surface area contributed by atoms with E-state index in [1.165, 1.54) is 11.8 Å². The molecular formula is C34H41N3O5S. The molecule has 5 rings (SSSR count). The molecule has 2 aliphatic rings. The number of piperidine rings is 2. The molecule has 9 heteroatoms. The molecule has 2 saturated heterocycles. The van der Waals surface area contributed by atoms with E-state index < -0.39 is 9.84 Å². The standard InChI is InChI=1S/C34H41N3O5S/c1-24(38)36-18-15-26(16-19-36)34(39)37-20-17-31(30(23-37)25-9-5-4-6-10-25)35-22-28-21-27(13-14-32(28)42-2)29-11-7-8-12-33(29)43(3,40)41/h4-14,21,26,30-31,35H,15-20,22-23H2,1-3H3/t30-,31-/m0/s1. The molecule has 0 bridgehead atoms. The van der Waals surface area contributed by atoms with Crippen molar-refractivity contribution in [2.24, 2.45) is 5.92 Å². The van der Waals surface area contributed by atoms with Crippen LogP contribution in [-0.2, 0) is 26.0 Å². The summed E-state index contributed by atoms with van der Waals surface area (Å²) in [7, 11) is -1.76. The summed E-state index contributed by atoms with van der Waals surface area (Å²) in [6, 6.07) is 23.3. The van der Waals surface area contributed by atoms with Crippen molar-refractivity contribution >= 4 is 21.7 Å². The summed E-state index contributed by atoms with van der Waals surface area (Å²) in [4.78, 5) is 29.5. The number of likely N-dealkylation sites (tertiary alicyclic amines) is 2. The van der Waals surface area contributed by atoms with Crippen LogP contribution in [0.15, 0.2) is 77.7 Å². The van der Waals surface area contributed by atoms with Gasteiger partial charge in [0.25, 0.3) is 0 Å². The second kappa shape index (κ2) is 13.3. The third kappa shape index (κ3) is 7.11. The van der Waals surface area contributed by atoms with Gasteiger partial charge in [-0.1, -0.05) is 54.6 Å². The second-order valence-corrected chi connectivity index (χ2v) is 13.6. The molecule has 0 unspecified atom stereocenters. The predicted octanol–water partition coefficient (Wildman–Crippen LogP) is 4.50. The molecule has 2 atom stereocenters. The normalized spacial score (nSPS) is 19.7. The number of methoxy groups -OCH3 is 1. The fourth-order valence-corrected chi connectivity index (χ4v) is 7.40. The lowest BCUT2D eigenvalue weighted by Gasteiger charge is -2.42. The van der Waals surface area contributed by atoms with Crippen LogP contribution in [0.4, 0.5) is 0 Å². The SMILES string of the molecule is COc1ccc(-c2ccccc2S(C)(=O)=O)cc1CN[C@H]1CCN(C(=O)C2CCN(C(C)=O)CC2)C[C@H]1c1ccccc1. The van der Waals surface area contributed by atoms with Crippen LogP contribution in [0.3, 0.4) is 0 Å². The zero-order chi connectivity index (χ0) is 30.6. The highest BCUT2D eigenvalue weighted by molar-refractivity contribution is 7.90. The van der Waals surface area contributed by atoms with Crippen molar-refractivity contribution in [3.63, 3.8) is 0 Å². The summed E-state index contributed by atoms with van der Waals surface area (Å²) in [6.45, 7) is 4.70. The van der Waals surface area contributed by atoms with Gasteiger partial charge < -0.3 is 19.9 Å². The Balaban J connectivity index is 1.34. The Morgan fingerprint density at radius 1 is 0.907 bits per heavy atom. The van der Waals surface area contributed by atoms with Crippen LogP contribution < -0.4 is 10.1 Å². The number of hydrogen-bond donors (Lipinski definition) is 1. The Bertz CT molecular complexity index is 1550. The topological polar surface area (TPSA) is 96.0 Å². The average molecular weight is 604 g/mol. The predicted molar refractivity (Wildman–Crippen MR) is 168 cm³/mol. The van der Waals surface area contributed by atoms with Gasteiger partial charge in [-0.05, 0) is 48.6 Å². The zero-order valence-corrected chi connectivity index (χ0v) is 26.0. The summed E-state index contributed by atoms with van der Waals surface area (Å²) < 4.78 is 30.6. The van der Waals surface area contributed by atoms with Crippen molar-refractivity contribution in [3.8, 4) is 16.9 Å². The first-order valence-electron chi connectivity index (χ1n) is 14.9. The van der Waals surface area contributed by atoms with Crippen molar-refractivity contribution in [2.75, 3.05) is 39.5 Å². The number of amides is 2. The minimum atomic E-state index is -3.40. The van der Waals surface area contributed by atoms with Crippen LogP contribution in [0.2, 0.25) is 0 Å². The molecule has 0 radical (unpaired) electrons. The number of carbonyl (C=O) groups excluding carboxylic acids is 2. The lowest BCUT2D eigenvalue weighted by atomic mass is 9.84. The van der Waals surface area contributed by atoms with Gasteiger partial charge in [0.15, 0.2) is 9.84 Å². The minimum Gasteiger partial charge on any atom is -0.496 e. The monoisotopic (exact) mass is 603 g/mol. The fraction of sp³-hybridized carbons (Fsp3) is 0.412. The largest absolute Gasteiger partial charge is 0.496 e. The highest BCUT2D eigenvalue weighted by Gasteiger charge is 2.36. The molecular weight excluding hydrogens is 562 g/mol. The number of rotatable bonds is 8. The van der Waals surface area contributed by atoms with Crippen molar-refractivity contribution < 1.29 is 22.7 Å². The zero-order valence-electron chi connectivity index (χ0n) is 25.2. The number of carbonyl (C=O) groups is 2. The van der Waals surface area contributed by atoms with Gasteiger partial charge in [0, 0.05) is 74.9 Å². The van der Waals surface area contributed by atoms with Gasteiger partial charge in [0.05, 0.1) is 12.0 Å². The minimum absolute atomic E-state index is 0.0432. The molecule has 2 heterocycles. The van der Waals surface area contributed by atoms with Crippen LogP contribution in [0.1, 0.15) is 43.2 Å². The number of sulfone groups is 1. The van der Waals surface area contributed by atoms with Gasteiger partial charge in [-0.3, -0.25) is 9.59 Å². The molecule has 8 nitrogen and oxygen atoms in total. The third-order valence-corrected chi connectivity index (χ3v) is 10.0. The molecule has 3 aromatic rings. The van der Waals surface area contributed by atoms with Gasteiger partial charge in [0.1, 0.15) is 5.75 Å². The Kier molecular flexibility index (Phi) is 9.52. The van der Waals surface area contributed by atoms with E-state index >= 15 is 0 Å². The molecule has 0 spiro atoms. The van der Waals surface area contributed by atoms with Gasteiger partial charge >= 0.3 is 0 Å². The third-order valence-electron chi connectivity index (χ3n) is 8.87. The van der Waals surface area contributed by atoms with Crippen LogP contribution >= 0.6 is 0 Å². The van der Waals surface area contributed by atoms with Gasteiger partial charge in [0.2, 0.25) is 11.8 Å². The molecule has 1 N–H and O–H groups in total.